The van der Waals surface area contributed by atoms with Crippen LogP contribution in [-0.2, 0) is 9.53 Å². The van der Waals surface area contributed by atoms with Crippen molar-refractivity contribution in [3.8, 4) is 0 Å². The number of aliphatic carboxylic acids is 1. The molecule has 1 saturated heterocycles. The number of nitrogens with one attached hydrogen (secondary N) is 1. The number of carbonyl (C=O) groups is 3. The van der Waals surface area contributed by atoms with E-state index in [1.165, 1.54) is 4.90 Å². The Labute approximate surface area is 97.7 Å². The Morgan fingerprint density at radius 3 is 2.76 bits per heavy atom. The van der Waals surface area contributed by atoms with Crippen molar-refractivity contribution in [3.05, 3.63) is 0 Å². The summed E-state index contributed by atoms with van der Waals surface area (Å²) >= 11 is 0. The number of urea groups is 1. The third kappa shape index (κ3) is 3.82. The van der Waals surface area contributed by atoms with Crippen LogP contribution in [0.3, 0.4) is 0 Å². The van der Waals surface area contributed by atoms with Gasteiger partial charge >= 0.3 is 18.1 Å². The number of carboxylic acids is 1. The van der Waals surface area contributed by atoms with Crippen LogP contribution in [0.15, 0.2) is 0 Å². The Kier molecular flexibility index (Phi) is 4.56. The van der Waals surface area contributed by atoms with Gasteiger partial charge in [0.1, 0.15) is 12.6 Å². The molecule has 1 unspecified atom stereocenters. The van der Waals surface area contributed by atoms with Crippen LogP contribution in [0.1, 0.15) is 12.8 Å². The van der Waals surface area contributed by atoms with Crippen LogP contribution in [0.4, 0.5) is 9.59 Å². The maximum Gasteiger partial charge on any atom is 0.404 e. The van der Waals surface area contributed by atoms with Gasteiger partial charge in [0.05, 0.1) is 6.54 Å². The zero-order valence-electron chi connectivity index (χ0n) is 9.22. The third-order valence-corrected chi connectivity index (χ3v) is 2.42. The summed E-state index contributed by atoms with van der Waals surface area (Å²) in [7, 11) is 0. The highest BCUT2D eigenvalue weighted by molar-refractivity contribution is 5.83. The third-order valence-electron chi connectivity index (χ3n) is 2.42. The van der Waals surface area contributed by atoms with E-state index >= 15 is 0 Å². The van der Waals surface area contributed by atoms with Crippen molar-refractivity contribution in [2.45, 2.75) is 18.9 Å². The number of carbonyl (C=O) groups excluding carboxylic acids is 2. The molecule has 3 amide bonds. The first kappa shape index (κ1) is 13.1. The van der Waals surface area contributed by atoms with Crippen molar-refractivity contribution < 1.29 is 24.2 Å². The predicted molar refractivity (Wildman–Crippen MR) is 56.3 cm³/mol. The number of nitrogens with two attached hydrogens (primary N) is 1. The van der Waals surface area contributed by atoms with E-state index in [0.717, 1.165) is 0 Å². The molecule has 4 N–H and O–H groups in total. The maximum atomic E-state index is 11.6. The second kappa shape index (κ2) is 5.92. The molecule has 1 aliphatic rings. The lowest BCUT2D eigenvalue weighted by Crippen LogP contribution is -2.46. The molecule has 1 heterocycles. The second-order valence-electron chi connectivity index (χ2n) is 3.59. The molecule has 1 rings (SSSR count). The average molecular weight is 245 g/mol. The van der Waals surface area contributed by atoms with Crippen LogP contribution in [0.2, 0.25) is 0 Å². The summed E-state index contributed by atoms with van der Waals surface area (Å²) in [6, 6.07) is -1.24. The van der Waals surface area contributed by atoms with Gasteiger partial charge in [-0.15, -0.1) is 0 Å². The second-order valence-corrected chi connectivity index (χ2v) is 3.59. The molecule has 17 heavy (non-hydrogen) atoms. The van der Waals surface area contributed by atoms with Gasteiger partial charge in [-0.2, -0.15) is 0 Å². The first-order valence-electron chi connectivity index (χ1n) is 5.22. The minimum atomic E-state index is -1.01. The molecule has 0 saturated carbocycles. The van der Waals surface area contributed by atoms with Gasteiger partial charge in [0.15, 0.2) is 0 Å². The van der Waals surface area contributed by atoms with Gasteiger partial charge < -0.3 is 25.8 Å². The molecular weight excluding hydrogens is 230 g/mol. The van der Waals surface area contributed by atoms with E-state index in [4.69, 9.17) is 10.8 Å². The van der Waals surface area contributed by atoms with Gasteiger partial charge in [-0.1, -0.05) is 0 Å². The standard InChI is InChI=1S/C9H15N3O5/c10-8(15)17-5-3-11-9(16)12-4-1-2-6(12)7(13)14/h6H,1-5H2,(H2,10,15)(H,11,16)(H,13,14). The quantitative estimate of drug-likeness (QED) is 0.567. The SMILES string of the molecule is NC(=O)OCCNC(=O)N1CCCC1C(=O)O. The smallest absolute Gasteiger partial charge is 0.404 e. The van der Waals surface area contributed by atoms with E-state index in [1.807, 2.05) is 0 Å². The zero-order chi connectivity index (χ0) is 12.8. The van der Waals surface area contributed by atoms with E-state index in [9.17, 15) is 14.4 Å². The highest BCUT2D eigenvalue weighted by atomic mass is 16.5. The van der Waals surface area contributed by atoms with Gasteiger partial charge in [-0.05, 0) is 12.8 Å². The monoisotopic (exact) mass is 245 g/mol. The molecule has 0 bridgehead atoms. The highest BCUT2D eigenvalue weighted by Crippen LogP contribution is 2.16. The number of primary amides is 1. The van der Waals surface area contributed by atoms with Gasteiger partial charge in [0.2, 0.25) is 0 Å². The lowest BCUT2D eigenvalue weighted by Gasteiger charge is -2.21. The maximum absolute atomic E-state index is 11.6. The average Bonchev–Trinajstić information content (AvgIpc) is 2.72. The lowest BCUT2D eigenvalue weighted by atomic mass is 10.2. The van der Waals surface area contributed by atoms with E-state index < -0.39 is 24.1 Å². The number of nitrogens with zero attached hydrogens (tertiary/aromatic N) is 1. The Morgan fingerprint density at radius 2 is 2.18 bits per heavy atom. The van der Waals surface area contributed by atoms with E-state index in [2.05, 4.69) is 10.1 Å². The summed E-state index contributed by atoms with van der Waals surface area (Å²) in [5, 5.41) is 11.3. The fraction of sp³-hybridized carbons (Fsp3) is 0.667. The predicted octanol–water partition coefficient (Wildman–Crippen LogP) is -0.660. The number of amides is 3. The van der Waals surface area contributed by atoms with Crippen molar-refractivity contribution in [3.63, 3.8) is 0 Å². The molecular formula is C9H15N3O5. The summed E-state index contributed by atoms with van der Waals surface area (Å²) in [4.78, 5) is 33.9. The molecule has 1 aliphatic heterocycles. The molecule has 0 aromatic rings. The fourth-order valence-electron chi connectivity index (χ4n) is 1.68. The number of hydrogen-bond donors (Lipinski definition) is 3. The van der Waals surface area contributed by atoms with Crippen LogP contribution >= 0.6 is 0 Å². The minimum absolute atomic E-state index is 0.0351. The van der Waals surface area contributed by atoms with Crippen LogP contribution in [0.25, 0.3) is 0 Å². The largest absolute Gasteiger partial charge is 0.480 e. The first-order chi connectivity index (χ1) is 8.02. The topological polar surface area (TPSA) is 122 Å². The summed E-state index contributed by atoms with van der Waals surface area (Å²) < 4.78 is 4.42. The number of rotatable bonds is 4. The van der Waals surface area contributed by atoms with Crippen LogP contribution in [-0.4, -0.2) is 53.8 Å². The van der Waals surface area contributed by atoms with E-state index in [-0.39, 0.29) is 13.2 Å². The molecule has 1 fully saturated rings. The van der Waals surface area contributed by atoms with Crippen molar-refractivity contribution in [2.75, 3.05) is 19.7 Å². The van der Waals surface area contributed by atoms with E-state index in [1.54, 1.807) is 0 Å². The first-order valence-corrected chi connectivity index (χ1v) is 5.22. The summed E-state index contributed by atoms with van der Waals surface area (Å²) in [5.74, 6) is -1.01. The fourth-order valence-corrected chi connectivity index (χ4v) is 1.68. The van der Waals surface area contributed by atoms with Crippen LogP contribution in [0.5, 0.6) is 0 Å². The van der Waals surface area contributed by atoms with Crippen molar-refractivity contribution in [2.24, 2.45) is 5.73 Å². The zero-order valence-corrected chi connectivity index (χ0v) is 9.22. The molecule has 96 valence electrons. The van der Waals surface area contributed by atoms with Crippen LogP contribution in [0, 0.1) is 0 Å². The Morgan fingerprint density at radius 1 is 1.47 bits per heavy atom. The van der Waals surface area contributed by atoms with Gasteiger partial charge in [-0.3, -0.25) is 0 Å². The van der Waals surface area contributed by atoms with Crippen LogP contribution < -0.4 is 11.1 Å². The van der Waals surface area contributed by atoms with E-state index in [0.29, 0.717) is 19.4 Å². The van der Waals surface area contributed by atoms with Crippen molar-refractivity contribution in [1.29, 1.82) is 0 Å². The number of hydrogen-bond acceptors (Lipinski definition) is 4. The summed E-state index contributed by atoms with van der Waals surface area (Å²) in [6.07, 6.45) is 0.215. The Bertz CT molecular complexity index is 320. The number of likely N-dealkylation sites (tertiary alicyclic amines) is 1. The molecule has 0 aromatic heterocycles. The molecule has 0 aromatic carbocycles. The highest BCUT2D eigenvalue weighted by Gasteiger charge is 2.33. The lowest BCUT2D eigenvalue weighted by molar-refractivity contribution is -0.141. The normalized spacial score (nSPS) is 18.8. The number of ether oxygens (including phenoxy) is 1. The molecule has 1 atom stereocenters. The molecule has 0 aliphatic carbocycles. The Hall–Kier alpha value is -1.99. The van der Waals surface area contributed by atoms with Gasteiger partial charge in [0, 0.05) is 6.54 Å². The molecule has 8 heteroatoms. The molecule has 0 radical (unpaired) electrons. The van der Waals surface area contributed by atoms with Crippen molar-refractivity contribution >= 4 is 18.1 Å². The van der Waals surface area contributed by atoms with Crippen molar-refractivity contribution in [1.82, 2.24) is 10.2 Å². The summed E-state index contributed by atoms with van der Waals surface area (Å²) in [5.41, 5.74) is 4.73. The summed E-state index contributed by atoms with van der Waals surface area (Å²) in [6.45, 7) is 0.483. The minimum Gasteiger partial charge on any atom is -0.480 e. The Balaban J connectivity index is 2.32. The molecule has 0 spiro atoms. The van der Waals surface area contributed by atoms with Gasteiger partial charge in [-0.25, -0.2) is 14.4 Å². The van der Waals surface area contributed by atoms with Gasteiger partial charge in [0.25, 0.3) is 0 Å². The number of carboxylic acid groups (broad SMARTS) is 1. The molecule has 8 nitrogen and oxygen atoms in total.